The predicted octanol–water partition coefficient (Wildman–Crippen LogP) is 4.08. The fourth-order valence-corrected chi connectivity index (χ4v) is 10.5. The van der Waals surface area contributed by atoms with Gasteiger partial charge in [-0.3, -0.25) is 9.59 Å². The SMILES string of the molecule is COc1ccc([Si](C)(C)[C@H]2[C@H](CCO)O[C@@]3(C(=O)Nc4ccc(NC(=O)c5ccc(N)cc5)cc43)[C@@H]2C)cc1. The second kappa shape index (κ2) is 10.1. The molecule has 2 aliphatic heterocycles. The van der Waals surface area contributed by atoms with Crippen LogP contribution in [0.5, 0.6) is 5.75 Å². The van der Waals surface area contributed by atoms with Crippen molar-refractivity contribution in [3.63, 3.8) is 0 Å². The molecular weight excluding hydrogens is 510 g/mol. The summed E-state index contributed by atoms with van der Waals surface area (Å²) >= 11 is 0. The molecule has 0 aromatic heterocycles. The highest BCUT2D eigenvalue weighted by molar-refractivity contribution is 6.91. The highest BCUT2D eigenvalue weighted by Crippen LogP contribution is 2.58. The minimum absolute atomic E-state index is 0.0385. The number of carbonyl (C=O) groups is 2. The lowest BCUT2D eigenvalue weighted by molar-refractivity contribution is -0.143. The topological polar surface area (TPSA) is 123 Å². The number of aliphatic hydroxyl groups excluding tert-OH is 1. The van der Waals surface area contributed by atoms with Gasteiger partial charge in [0.25, 0.3) is 11.8 Å². The summed E-state index contributed by atoms with van der Waals surface area (Å²) in [7, 11) is -0.583. The van der Waals surface area contributed by atoms with Gasteiger partial charge < -0.3 is 30.9 Å². The normalized spacial score (nSPS) is 23.9. The minimum atomic E-state index is -2.23. The summed E-state index contributed by atoms with van der Waals surface area (Å²) < 4.78 is 12.1. The average Bonchev–Trinajstić information content (AvgIpc) is 3.38. The van der Waals surface area contributed by atoms with Crippen molar-refractivity contribution in [1.29, 1.82) is 0 Å². The van der Waals surface area contributed by atoms with Crippen LogP contribution in [0.2, 0.25) is 18.6 Å². The lowest BCUT2D eigenvalue weighted by Crippen LogP contribution is -2.51. The third-order valence-corrected chi connectivity index (χ3v) is 12.8. The van der Waals surface area contributed by atoms with E-state index < -0.39 is 13.7 Å². The number of anilines is 3. The molecule has 0 bridgehead atoms. The second-order valence-corrected chi connectivity index (χ2v) is 15.6. The zero-order chi connectivity index (χ0) is 27.9. The van der Waals surface area contributed by atoms with Gasteiger partial charge in [0.1, 0.15) is 5.75 Å². The van der Waals surface area contributed by atoms with Gasteiger partial charge in [-0.2, -0.15) is 0 Å². The first-order chi connectivity index (χ1) is 18.6. The summed E-state index contributed by atoms with van der Waals surface area (Å²) in [5, 5.41) is 17.1. The van der Waals surface area contributed by atoms with Crippen molar-refractivity contribution in [2.45, 2.75) is 43.7 Å². The van der Waals surface area contributed by atoms with E-state index in [1.165, 1.54) is 5.19 Å². The van der Waals surface area contributed by atoms with Crippen LogP contribution >= 0.6 is 0 Å². The third-order valence-electron chi connectivity index (χ3n) is 8.43. The lowest BCUT2D eigenvalue weighted by Gasteiger charge is -2.37. The maximum absolute atomic E-state index is 13.7. The first-order valence-corrected chi connectivity index (χ1v) is 16.3. The van der Waals surface area contributed by atoms with Crippen molar-refractivity contribution in [3.05, 3.63) is 77.9 Å². The fraction of sp³-hybridized carbons (Fsp3) is 0.333. The number of rotatable bonds is 7. The molecule has 0 radical (unpaired) electrons. The number of ether oxygens (including phenoxy) is 2. The Balaban J connectivity index is 1.51. The van der Waals surface area contributed by atoms with Crippen LogP contribution in [0, 0.1) is 5.92 Å². The van der Waals surface area contributed by atoms with E-state index in [1.54, 1.807) is 43.5 Å². The highest BCUT2D eigenvalue weighted by Gasteiger charge is 2.64. The maximum Gasteiger partial charge on any atom is 0.261 e. The zero-order valence-corrected chi connectivity index (χ0v) is 23.7. The first kappa shape index (κ1) is 26.9. The van der Waals surface area contributed by atoms with Crippen LogP contribution in [0.25, 0.3) is 0 Å². The van der Waals surface area contributed by atoms with Crippen molar-refractivity contribution in [2.24, 2.45) is 5.92 Å². The quantitative estimate of drug-likeness (QED) is 0.262. The van der Waals surface area contributed by atoms with Gasteiger partial charge in [-0.1, -0.05) is 37.3 Å². The molecule has 3 aromatic rings. The van der Waals surface area contributed by atoms with Gasteiger partial charge in [-0.15, -0.1) is 0 Å². The molecule has 1 spiro atoms. The highest BCUT2D eigenvalue weighted by atomic mass is 28.3. The number of nitrogens with one attached hydrogen (secondary N) is 2. The molecule has 1 fully saturated rings. The van der Waals surface area contributed by atoms with Gasteiger partial charge in [-0.05, 0) is 66.6 Å². The Labute approximate surface area is 229 Å². The first-order valence-electron chi connectivity index (χ1n) is 13.2. The monoisotopic (exact) mass is 545 g/mol. The molecule has 1 saturated heterocycles. The van der Waals surface area contributed by atoms with Crippen molar-refractivity contribution >= 4 is 42.1 Å². The van der Waals surface area contributed by atoms with E-state index in [0.29, 0.717) is 34.6 Å². The second-order valence-electron chi connectivity index (χ2n) is 11.0. The van der Waals surface area contributed by atoms with Gasteiger partial charge in [0.2, 0.25) is 0 Å². The number of benzene rings is 3. The van der Waals surface area contributed by atoms with Crippen molar-refractivity contribution in [3.8, 4) is 5.75 Å². The standard InChI is InChI=1S/C30H35N3O5Si/c1-18-27(39(3,4)23-12-10-22(37-2)11-13-23)26(15-16-34)38-30(18)24-17-21(9-14-25(24)33-29(30)36)32-28(35)19-5-7-20(31)8-6-19/h5-14,17-18,26-27,34H,15-16,31H2,1-4H3,(H,32,35)(H,33,36)/t18-,26+,27-,30+/m1/s1. The number of hydrogen-bond donors (Lipinski definition) is 4. The summed E-state index contributed by atoms with van der Waals surface area (Å²) in [5.74, 6) is 0.130. The van der Waals surface area contributed by atoms with Crippen molar-refractivity contribution in [2.75, 3.05) is 30.1 Å². The number of hydrogen-bond acceptors (Lipinski definition) is 6. The maximum atomic E-state index is 13.7. The summed E-state index contributed by atoms with van der Waals surface area (Å²) in [6.45, 7) is 6.62. The summed E-state index contributed by atoms with van der Waals surface area (Å²) in [6.07, 6.45) is 0.123. The molecular formula is C30H35N3O5Si. The minimum Gasteiger partial charge on any atom is -0.497 e. The summed E-state index contributed by atoms with van der Waals surface area (Å²) in [4.78, 5) is 26.6. The van der Waals surface area contributed by atoms with E-state index in [1.807, 2.05) is 18.2 Å². The van der Waals surface area contributed by atoms with Crippen LogP contribution in [-0.4, -0.2) is 44.8 Å². The van der Waals surface area contributed by atoms with Gasteiger partial charge in [0.15, 0.2) is 5.60 Å². The van der Waals surface area contributed by atoms with Crippen LogP contribution in [0.3, 0.4) is 0 Å². The van der Waals surface area contributed by atoms with Gasteiger partial charge in [0.05, 0.1) is 21.3 Å². The Bertz CT molecular complexity index is 1390. The molecule has 2 aliphatic rings. The number of fused-ring (bicyclic) bond motifs is 2. The smallest absolute Gasteiger partial charge is 0.261 e. The Hall–Kier alpha value is -3.66. The zero-order valence-electron chi connectivity index (χ0n) is 22.7. The molecule has 5 N–H and O–H groups in total. The van der Waals surface area contributed by atoms with Crippen molar-refractivity contribution < 1.29 is 24.2 Å². The van der Waals surface area contributed by atoms with Crippen LogP contribution in [0.1, 0.15) is 29.3 Å². The molecule has 9 heteroatoms. The Morgan fingerprint density at radius 3 is 2.46 bits per heavy atom. The van der Waals surface area contributed by atoms with E-state index in [2.05, 4.69) is 42.8 Å². The van der Waals surface area contributed by atoms with E-state index >= 15 is 0 Å². The Morgan fingerprint density at radius 1 is 1.13 bits per heavy atom. The van der Waals surface area contributed by atoms with Crippen LogP contribution < -0.4 is 26.3 Å². The molecule has 8 nitrogen and oxygen atoms in total. The molecule has 3 aromatic carbocycles. The number of aliphatic hydroxyl groups is 1. The number of carbonyl (C=O) groups excluding carboxylic acids is 2. The van der Waals surface area contributed by atoms with Crippen LogP contribution in [-0.2, 0) is 15.1 Å². The van der Waals surface area contributed by atoms with Gasteiger partial charge >= 0.3 is 0 Å². The third kappa shape index (κ3) is 4.50. The molecule has 2 heterocycles. The number of nitrogen functional groups attached to an aromatic ring is 1. The number of methoxy groups -OCH3 is 1. The molecule has 4 atom stereocenters. The average molecular weight is 546 g/mol. The molecule has 0 saturated carbocycles. The number of nitrogens with two attached hydrogens (primary N) is 1. The van der Waals surface area contributed by atoms with Crippen LogP contribution in [0.4, 0.5) is 17.1 Å². The molecule has 0 unspecified atom stereocenters. The lowest BCUT2D eigenvalue weighted by atomic mass is 9.82. The molecule has 0 aliphatic carbocycles. The molecule has 39 heavy (non-hydrogen) atoms. The molecule has 5 rings (SSSR count). The number of amides is 2. The summed E-state index contributed by atoms with van der Waals surface area (Å²) in [5.41, 5.74) is 7.58. The van der Waals surface area contributed by atoms with Crippen LogP contribution in [0.15, 0.2) is 66.7 Å². The van der Waals surface area contributed by atoms with Crippen molar-refractivity contribution in [1.82, 2.24) is 0 Å². The predicted molar refractivity (Wildman–Crippen MR) is 155 cm³/mol. The summed E-state index contributed by atoms with van der Waals surface area (Å²) in [6, 6.07) is 20.2. The Kier molecular flexibility index (Phi) is 7.00. The fourth-order valence-electron chi connectivity index (χ4n) is 6.45. The largest absolute Gasteiger partial charge is 0.497 e. The molecule has 2 amide bonds. The van der Waals surface area contributed by atoms with Gasteiger partial charge in [0, 0.05) is 40.7 Å². The molecule has 204 valence electrons. The van der Waals surface area contributed by atoms with Gasteiger partial charge in [-0.25, -0.2) is 0 Å². The van der Waals surface area contributed by atoms with E-state index in [0.717, 1.165) is 5.75 Å². The Morgan fingerprint density at radius 2 is 1.82 bits per heavy atom. The van der Waals surface area contributed by atoms with E-state index in [9.17, 15) is 14.7 Å². The van der Waals surface area contributed by atoms with E-state index in [4.69, 9.17) is 15.2 Å². The van der Waals surface area contributed by atoms with E-state index in [-0.39, 0.29) is 36.0 Å².